The summed E-state index contributed by atoms with van der Waals surface area (Å²) in [7, 11) is 0. The number of hydrogen-bond donors (Lipinski definition) is 2. The molecule has 0 saturated carbocycles. The maximum atomic E-state index is 9.13. The number of hydrogen-bond acceptors (Lipinski definition) is 3. The average molecular weight is 145 g/mol. The fourth-order valence-electron chi connectivity index (χ4n) is 0.663. The first-order chi connectivity index (χ1) is 4.76. The number of aliphatic hydroxyl groups excluding tert-OH is 1. The predicted molar refractivity (Wildman–Crippen MR) is 40.7 cm³/mol. The van der Waals surface area contributed by atoms with E-state index in [4.69, 9.17) is 15.6 Å². The zero-order valence-corrected chi connectivity index (χ0v) is 6.29. The maximum Gasteiger partial charge on any atom is 0.102 e. The Kier molecular flexibility index (Phi) is 5.20. The van der Waals surface area contributed by atoms with Gasteiger partial charge in [-0.1, -0.05) is 6.08 Å². The highest BCUT2D eigenvalue weighted by molar-refractivity contribution is 4.86. The van der Waals surface area contributed by atoms with Gasteiger partial charge in [-0.05, 0) is 6.92 Å². The van der Waals surface area contributed by atoms with Crippen LogP contribution in [0, 0.1) is 0 Å². The number of aliphatic hydroxyl groups is 1. The van der Waals surface area contributed by atoms with E-state index in [1.165, 1.54) is 0 Å². The second-order valence-corrected chi connectivity index (χ2v) is 1.96. The molecule has 0 saturated heterocycles. The van der Waals surface area contributed by atoms with Gasteiger partial charge >= 0.3 is 0 Å². The minimum atomic E-state index is -0.627. The van der Waals surface area contributed by atoms with Crippen LogP contribution >= 0.6 is 0 Å². The monoisotopic (exact) mass is 145 g/mol. The van der Waals surface area contributed by atoms with E-state index in [-0.39, 0.29) is 12.6 Å². The van der Waals surface area contributed by atoms with E-state index in [2.05, 4.69) is 6.58 Å². The summed E-state index contributed by atoms with van der Waals surface area (Å²) in [5.41, 5.74) is 5.20. The van der Waals surface area contributed by atoms with Gasteiger partial charge in [0.15, 0.2) is 0 Å². The summed E-state index contributed by atoms with van der Waals surface area (Å²) < 4.78 is 5.10. The number of ether oxygens (including phenoxy) is 1. The SMILES string of the molecule is C=CC(OCC)[C@@H](O)CN. The van der Waals surface area contributed by atoms with Crippen LogP contribution in [-0.2, 0) is 4.74 Å². The third-order valence-corrected chi connectivity index (χ3v) is 1.21. The van der Waals surface area contributed by atoms with Crippen LogP contribution in [0.25, 0.3) is 0 Å². The van der Waals surface area contributed by atoms with E-state index in [9.17, 15) is 0 Å². The molecule has 0 spiro atoms. The molecule has 0 aromatic heterocycles. The Balaban J connectivity index is 3.67. The smallest absolute Gasteiger partial charge is 0.102 e. The highest BCUT2D eigenvalue weighted by Crippen LogP contribution is 1.98. The molecule has 0 aliphatic rings. The molecule has 3 N–H and O–H groups in total. The molecular weight excluding hydrogens is 130 g/mol. The second kappa shape index (κ2) is 5.41. The lowest BCUT2D eigenvalue weighted by Gasteiger charge is -2.17. The molecule has 3 nitrogen and oxygen atoms in total. The zero-order chi connectivity index (χ0) is 7.98. The van der Waals surface area contributed by atoms with Crippen molar-refractivity contribution in [1.29, 1.82) is 0 Å². The lowest BCUT2D eigenvalue weighted by molar-refractivity contribution is 0.000289. The van der Waals surface area contributed by atoms with Crippen LogP contribution in [-0.4, -0.2) is 30.5 Å². The molecule has 60 valence electrons. The Morgan fingerprint density at radius 1 is 1.80 bits per heavy atom. The van der Waals surface area contributed by atoms with Crippen molar-refractivity contribution in [3.8, 4) is 0 Å². The standard InChI is InChI=1S/C7H15NO2/c1-3-7(10-4-2)6(9)5-8/h3,6-7,9H,1,4-5,8H2,2H3/t6-,7?/m0/s1. The molecule has 0 aromatic rings. The first-order valence-corrected chi connectivity index (χ1v) is 3.38. The Hall–Kier alpha value is -0.380. The molecule has 2 atom stereocenters. The molecule has 3 heteroatoms. The van der Waals surface area contributed by atoms with Gasteiger partial charge in [0.2, 0.25) is 0 Å². The molecule has 0 bridgehead atoms. The molecule has 1 unspecified atom stereocenters. The first kappa shape index (κ1) is 9.62. The van der Waals surface area contributed by atoms with Gasteiger partial charge in [0, 0.05) is 13.2 Å². The Morgan fingerprint density at radius 2 is 2.40 bits per heavy atom. The van der Waals surface area contributed by atoms with E-state index in [0.717, 1.165) is 0 Å². The minimum Gasteiger partial charge on any atom is -0.389 e. The molecule has 10 heavy (non-hydrogen) atoms. The van der Waals surface area contributed by atoms with Crippen molar-refractivity contribution >= 4 is 0 Å². The summed E-state index contributed by atoms with van der Waals surface area (Å²) in [5, 5.41) is 9.13. The Bertz CT molecular complexity index is 95.6. The third kappa shape index (κ3) is 2.96. The quantitative estimate of drug-likeness (QED) is 0.531. The molecule has 0 aromatic carbocycles. The fourth-order valence-corrected chi connectivity index (χ4v) is 0.663. The molecule has 0 aliphatic carbocycles. The van der Waals surface area contributed by atoms with E-state index in [0.29, 0.717) is 6.61 Å². The summed E-state index contributed by atoms with van der Waals surface area (Å²) in [6.07, 6.45) is 0.605. The molecular formula is C7H15NO2. The van der Waals surface area contributed by atoms with Crippen molar-refractivity contribution < 1.29 is 9.84 Å². The summed E-state index contributed by atoms with van der Waals surface area (Å²) in [4.78, 5) is 0. The summed E-state index contributed by atoms with van der Waals surface area (Å²) in [6, 6.07) is 0. The number of nitrogens with two attached hydrogens (primary N) is 1. The molecule has 0 radical (unpaired) electrons. The van der Waals surface area contributed by atoms with Gasteiger partial charge in [-0.3, -0.25) is 0 Å². The maximum absolute atomic E-state index is 9.13. The van der Waals surface area contributed by atoms with Crippen LogP contribution in [0.5, 0.6) is 0 Å². The molecule has 0 fully saturated rings. The van der Waals surface area contributed by atoms with Crippen LogP contribution in [0.4, 0.5) is 0 Å². The molecule has 0 heterocycles. The summed E-state index contributed by atoms with van der Waals surface area (Å²) in [5.74, 6) is 0. The molecule has 0 aliphatic heterocycles. The summed E-state index contributed by atoms with van der Waals surface area (Å²) >= 11 is 0. The van der Waals surface area contributed by atoms with Crippen molar-refractivity contribution in [2.45, 2.75) is 19.1 Å². The van der Waals surface area contributed by atoms with Gasteiger partial charge in [-0.25, -0.2) is 0 Å². The van der Waals surface area contributed by atoms with Crippen LogP contribution in [0.15, 0.2) is 12.7 Å². The zero-order valence-electron chi connectivity index (χ0n) is 6.29. The van der Waals surface area contributed by atoms with E-state index >= 15 is 0 Å². The Morgan fingerprint density at radius 3 is 2.70 bits per heavy atom. The average Bonchev–Trinajstić information content (AvgIpc) is 1.99. The first-order valence-electron chi connectivity index (χ1n) is 3.38. The largest absolute Gasteiger partial charge is 0.389 e. The van der Waals surface area contributed by atoms with Crippen LogP contribution < -0.4 is 5.73 Å². The van der Waals surface area contributed by atoms with E-state index in [1.54, 1.807) is 6.08 Å². The second-order valence-electron chi connectivity index (χ2n) is 1.96. The van der Waals surface area contributed by atoms with Gasteiger partial charge in [0.1, 0.15) is 6.10 Å². The fraction of sp³-hybridized carbons (Fsp3) is 0.714. The van der Waals surface area contributed by atoms with Gasteiger partial charge in [0.05, 0.1) is 6.10 Å². The molecule has 0 rings (SSSR count). The van der Waals surface area contributed by atoms with Crippen molar-refractivity contribution in [3.63, 3.8) is 0 Å². The van der Waals surface area contributed by atoms with Gasteiger partial charge in [-0.2, -0.15) is 0 Å². The predicted octanol–water partition coefficient (Wildman–Crippen LogP) is -0.103. The lowest BCUT2D eigenvalue weighted by Crippen LogP contribution is -2.33. The van der Waals surface area contributed by atoms with E-state index < -0.39 is 6.10 Å². The highest BCUT2D eigenvalue weighted by atomic mass is 16.5. The van der Waals surface area contributed by atoms with Crippen LogP contribution in [0.1, 0.15) is 6.92 Å². The molecule has 0 amide bonds. The van der Waals surface area contributed by atoms with Crippen LogP contribution in [0.3, 0.4) is 0 Å². The Labute approximate surface area is 61.5 Å². The van der Waals surface area contributed by atoms with Crippen molar-refractivity contribution in [2.24, 2.45) is 5.73 Å². The van der Waals surface area contributed by atoms with Crippen molar-refractivity contribution in [3.05, 3.63) is 12.7 Å². The minimum absolute atomic E-state index is 0.205. The third-order valence-electron chi connectivity index (χ3n) is 1.21. The van der Waals surface area contributed by atoms with Gasteiger partial charge in [-0.15, -0.1) is 6.58 Å². The van der Waals surface area contributed by atoms with Crippen LogP contribution in [0.2, 0.25) is 0 Å². The van der Waals surface area contributed by atoms with Crippen molar-refractivity contribution in [2.75, 3.05) is 13.2 Å². The van der Waals surface area contributed by atoms with Gasteiger partial charge < -0.3 is 15.6 Å². The normalized spacial score (nSPS) is 16.3. The van der Waals surface area contributed by atoms with Gasteiger partial charge in [0.25, 0.3) is 0 Å². The van der Waals surface area contributed by atoms with Crippen molar-refractivity contribution in [1.82, 2.24) is 0 Å². The van der Waals surface area contributed by atoms with E-state index in [1.807, 2.05) is 6.92 Å². The lowest BCUT2D eigenvalue weighted by atomic mass is 10.2. The highest BCUT2D eigenvalue weighted by Gasteiger charge is 2.12. The summed E-state index contributed by atoms with van der Waals surface area (Å²) in [6.45, 7) is 6.14. The topological polar surface area (TPSA) is 55.5 Å². The number of rotatable bonds is 5.